The summed E-state index contributed by atoms with van der Waals surface area (Å²) in [5.41, 5.74) is -0.605. The van der Waals surface area contributed by atoms with Gasteiger partial charge in [0.2, 0.25) is 10.3 Å². The standard InChI is InChI=1S/C8H6O6S.2H3P/c9-7(10)4-1-5(8(11)12)3-6(2-4)15(13)14;;/h1-2H,3H2,(H,9,10)(H,11,12);2*1H3. The van der Waals surface area contributed by atoms with Crippen LogP contribution >= 0.6 is 19.8 Å². The van der Waals surface area contributed by atoms with E-state index in [0.29, 0.717) is 0 Å². The van der Waals surface area contributed by atoms with Crippen LogP contribution in [0.15, 0.2) is 23.3 Å². The van der Waals surface area contributed by atoms with E-state index in [1.165, 1.54) is 0 Å². The predicted octanol–water partition coefficient (Wildman–Crippen LogP) is -0.420. The second-order valence-corrected chi connectivity index (χ2v) is 3.75. The maximum absolute atomic E-state index is 10.6. The minimum absolute atomic E-state index is 0. The average molecular weight is 298 g/mol. The van der Waals surface area contributed by atoms with Crippen molar-refractivity contribution in [2.45, 2.75) is 6.42 Å². The van der Waals surface area contributed by atoms with Crippen molar-refractivity contribution >= 4 is 46.9 Å². The van der Waals surface area contributed by atoms with Crippen LogP contribution in [0.25, 0.3) is 0 Å². The summed E-state index contributed by atoms with van der Waals surface area (Å²) >= 11 is 0. The molecule has 1 rings (SSSR count). The van der Waals surface area contributed by atoms with E-state index in [2.05, 4.69) is 0 Å². The lowest BCUT2D eigenvalue weighted by Crippen LogP contribution is -2.14. The first-order valence-electron chi connectivity index (χ1n) is 3.75. The molecule has 0 bridgehead atoms. The van der Waals surface area contributed by atoms with E-state index in [4.69, 9.17) is 10.2 Å². The van der Waals surface area contributed by atoms with E-state index in [1.54, 1.807) is 0 Å². The van der Waals surface area contributed by atoms with Crippen molar-refractivity contribution in [3.63, 3.8) is 0 Å². The van der Waals surface area contributed by atoms with Crippen LogP contribution in [0.3, 0.4) is 0 Å². The lowest BCUT2D eigenvalue weighted by Gasteiger charge is -2.07. The molecule has 0 aromatic heterocycles. The molecule has 0 aliphatic heterocycles. The summed E-state index contributed by atoms with van der Waals surface area (Å²) in [5.74, 6) is -2.69. The highest BCUT2D eigenvalue weighted by Crippen LogP contribution is 2.15. The summed E-state index contributed by atoms with van der Waals surface area (Å²) in [6, 6.07) is 0. The number of allylic oxidation sites excluding steroid dienone is 1. The Labute approximate surface area is 105 Å². The third-order valence-corrected chi connectivity index (χ3v) is 2.44. The Balaban J connectivity index is 0. The predicted molar refractivity (Wildman–Crippen MR) is 72.2 cm³/mol. The van der Waals surface area contributed by atoms with Crippen molar-refractivity contribution in [1.29, 1.82) is 0 Å². The Hall–Kier alpha value is -1.03. The van der Waals surface area contributed by atoms with Gasteiger partial charge in [-0.2, -0.15) is 28.2 Å². The van der Waals surface area contributed by atoms with Crippen LogP contribution in [-0.2, 0) is 19.9 Å². The Morgan fingerprint density at radius 3 is 1.94 bits per heavy atom. The molecule has 1 aliphatic carbocycles. The summed E-state index contributed by atoms with van der Waals surface area (Å²) in [5, 5.41) is 17.3. The molecule has 17 heavy (non-hydrogen) atoms. The molecular weight excluding hydrogens is 286 g/mol. The molecule has 0 saturated heterocycles. The highest BCUT2D eigenvalue weighted by molar-refractivity contribution is 7.73. The van der Waals surface area contributed by atoms with Crippen molar-refractivity contribution in [3.05, 3.63) is 23.3 Å². The monoisotopic (exact) mass is 298 g/mol. The number of carbonyl (C=O) groups is 2. The zero-order valence-corrected chi connectivity index (χ0v) is 12.4. The number of aliphatic carboxylic acids is 2. The Morgan fingerprint density at radius 1 is 1.06 bits per heavy atom. The molecule has 1 aliphatic rings. The second-order valence-electron chi connectivity index (χ2n) is 2.76. The number of carboxylic acids is 2. The van der Waals surface area contributed by atoms with Crippen LogP contribution in [0.1, 0.15) is 6.42 Å². The molecule has 0 heterocycles. The van der Waals surface area contributed by atoms with Gasteiger partial charge in [-0.25, -0.2) is 9.59 Å². The Kier molecular flexibility index (Phi) is 7.90. The van der Waals surface area contributed by atoms with E-state index in [0.717, 1.165) is 12.2 Å². The fraction of sp³-hybridized carbons (Fsp3) is 0.125. The van der Waals surface area contributed by atoms with E-state index < -0.39 is 22.2 Å². The second kappa shape index (κ2) is 7.33. The first-order valence-corrected chi connectivity index (χ1v) is 4.83. The molecule has 0 fully saturated rings. The molecule has 2 unspecified atom stereocenters. The fourth-order valence-corrected chi connectivity index (χ4v) is 1.56. The normalized spacial score (nSPS) is 13.5. The lowest BCUT2D eigenvalue weighted by molar-refractivity contribution is -0.132. The summed E-state index contributed by atoms with van der Waals surface area (Å²) < 4.78 is 21.2. The van der Waals surface area contributed by atoms with Crippen molar-refractivity contribution in [2.75, 3.05) is 0 Å². The maximum Gasteiger partial charge on any atom is 0.335 e. The minimum atomic E-state index is -2.60. The van der Waals surface area contributed by atoms with Crippen LogP contribution in [0, 0.1) is 0 Å². The van der Waals surface area contributed by atoms with Crippen molar-refractivity contribution in [3.8, 4) is 0 Å². The molecular formula is C8H12O6P2S. The molecule has 0 saturated carbocycles. The topological polar surface area (TPSA) is 109 Å². The van der Waals surface area contributed by atoms with Crippen molar-refractivity contribution < 1.29 is 28.2 Å². The minimum Gasteiger partial charge on any atom is -0.478 e. The van der Waals surface area contributed by atoms with Gasteiger partial charge in [0, 0.05) is 12.0 Å². The van der Waals surface area contributed by atoms with E-state index >= 15 is 0 Å². The van der Waals surface area contributed by atoms with Crippen molar-refractivity contribution in [1.82, 2.24) is 0 Å². The first kappa shape index (κ1) is 18.3. The zero-order chi connectivity index (χ0) is 11.6. The van der Waals surface area contributed by atoms with Gasteiger partial charge in [-0.1, -0.05) is 0 Å². The molecule has 0 radical (unpaired) electrons. The summed E-state index contributed by atoms with van der Waals surface area (Å²) in [7, 11) is -2.60. The SMILES string of the molecule is O=C(O)C1=CC(=S(=O)=O)CC(C(=O)O)=C1.P.P. The van der Waals surface area contributed by atoms with E-state index in [9.17, 15) is 18.0 Å². The maximum atomic E-state index is 10.6. The molecule has 6 nitrogen and oxygen atoms in total. The smallest absolute Gasteiger partial charge is 0.335 e. The molecule has 96 valence electrons. The van der Waals surface area contributed by atoms with E-state index in [-0.39, 0.29) is 42.2 Å². The van der Waals surface area contributed by atoms with Gasteiger partial charge in [0.25, 0.3) is 0 Å². The van der Waals surface area contributed by atoms with Crippen LogP contribution in [0.2, 0.25) is 0 Å². The first-order chi connectivity index (χ1) is 6.91. The average Bonchev–Trinajstić information content (AvgIpc) is 2.16. The number of hydrogen-bond donors (Lipinski definition) is 2. The van der Waals surface area contributed by atoms with Gasteiger partial charge in [-0.15, -0.1) is 0 Å². The van der Waals surface area contributed by atoms with Crippen LogP contribution in [0.5, 0.6) is 0 Å². The van der Waals surface area contributed by atoms with Gasteiger partial charge in [-0.3, -0.25) is 0 Å². The molecule has 2 atom stereocenters. The van der Waals surface area contributed by atoms with Gasteiger partial charge >= 0.3 is 11.9 Å². The van der Waals surface area contributed by atoms with Crippen LogP contribution in [-0.4, -0.2) is 35.4 Å². The molecule has 0 aromatic rings. The number of hydrogen-bond acceptors (Lipinski definition) is 4. The Bertz CT molecular complexity index is 520. The summed E-state index contributed by atoms with van der Waals surface area (Å²) in [4.78, 5) is 20.9. The number of carboxylic acid groups (broad SMARTS) is 2. The van der Waals surface area contributed by atoms with Gasteiger partial charge in [0.05, 0.1) is 10.4 Å². The quantitative estimate of drug-likeness (QED) is 0.529. The van der Waals surface area contributed by atoms with Gasteiger partial charge in [0.15, 0.2) is 0 Å². The van der Waals surface area contributed by atoms with Gasteiger partial charge in [0.1, 0.15) is 0 Å². The third-order valence-electron chi connectivity index (χ3n) is 1.75. The van der Waals surface area contributed by atoms with Crippen LogP contribution < -0.4 is 0 Å². The molecule has 2 N–H and O–H groups in total. The third kappa shape index (κ3) is 4.77. The van der Waals surface area contributed by atoms with E-state index in [1.807, 2.05) is 0 Å². The highest BCUT2D eigenvalue weighted by atomic mass is 32.2. The summed E-state index contributed by atoms with van der Waals surface area (Å²) in [6.45, 7) is 0. The number of rotatable bonds is 2. The molecule has 0 aromatic carbocycles. The van der Waals surface area contributed by atoms with Crippen LogP contribution in [0.4, 0.5) is 0 Å². The molecule has 0 amide bonds. The highest BCUT2D eigenvalue weighted by Gasteiger charge is 2.20. The Morgan fingerprint density at radius 2 is 1.59 bits per heavy atom. The largest absolute Gasteiger partial charge is 0.478 e. The molecule has 0 spiro atoms. The van der Waals surface area contributed by atoms with Crippen molar-refractivity contribution in [2.24, 2.45) is 0 Å². The lowest BCUT2D eigenvalue weighted by atomic mass is 9.99. The van der Waals surface area contributed by atoms with Gasteiger partial charge in [-0.05, 0) is 12.2 Å². The fourth-order valence-electron chi connectivity index (χ4n) is 1.06. The zero-order valence-electron chi connectivity index (χ0n) is 8.71. The summed E-state index contributed by atoms with van der Waals surface area (Å²) in [6.07, 6.45) is 1.60. The molecule has 9 heteroatoms. The van der Waals surface area contributed by atoms with Gasteiger partial charge < -0.3 is 10.2 Å².